The van der Waals surface area contributed by atoms with Crippen molar-refractivity contribution in [2.45, 2.75) is 19.8 Å². The van der Waals surface area contributed by atoms with Crippen LogP contribution in [0.15, 0.2) is 65.1 Å². The van der Waals surface area contributed by atoms with E-state index in [4.69, 9.17) is 14.9 Å². The zero-order valence-electron chi connectivity index (χ0n) is 14.2. The van der Waals surface area contributed by atoms with Crippen LogP contribution in [0.4, 0.5) is 5.88 Å². The summed E-state index contributed by atoms with van der Waals surface area (Å²) in [4.78, 5) is 12.6. The van der Waals surface area contributed by atoms with Gasteiger partial charge in [0.15, 0.2) is 0 Å². The Balaban J connectivity index is 2.12. The van der Waals surface area contributed by atoms with Gasteiger partial charge in [0.1, 0.15) is 11.3 Å². The van der Waals surface area contributed by atoms with E-state index < -0.39 is 5.97 Å². The van der Waals surface area contributed by atoms with Gasteiger partial charge in [0.25, 0.3) is 0 Å². The molecule has 0 aliphatic heterocycles. The molecule has 0 radical (unpaired) electrons. The van der Waals surface area contributed by atoms with Crippen molar-refractivity contribution >= 4 is 11.9 Å². The molecule has 4 heteroatoms. The van der Waals surface area contributed by atoms with E-state index in [1.165, 1.54) is 0 Å². The highest BCUT2D eigenvalue weighted by molar-refractivity contribution is 6.05. The number of rotatable bonds is 6. The predicted molar refractivity (Wildman–Crippen MR) is 99.2 cm³/mol. The Morgan fingerprint density at radius 1 is 1.00 bits per heavy atom. The Hall–Kier alpha value is -3.01. The first-order valence-electron chi connectivity index (χ1n) is 8.42. The Kier molecular flexibility index (Phi) is 5.19. The minimum Gasteiger partial charge on any atom is -0.462 e. The van der Waals surface area contributed by atoms with E-state index in [1.807, 2.05) is 67.6 Å². The molecule has 2 aromatic carbocycles. The lowest BCUT2D eigenvalue weighted by molar-refractivity contribution is 0.0501. The molecule has 2 N–H and O–H groups in total. The first-order chi connectivity index (χ1) is 12.2. The number of nitrogens with two attached hydrogens (primary N) is 1. The molecule has 0 saturated carbocycles. The third kappa shape index (κ3) is 3.58. The molecule has 1 heterocycles. The first-order valence-corrected chi connectivity index (χ1v) is 8.42. The van der Waals surface area contributed by atoms with Crippen molar-refractivity contribution in [3.63, 3.8) is 0 Å². The van der Waals surface area contributed by atoms with Crippen LogP contribution in [0.25, 0.3) is 22.5 Å². The number of hydrogen-bond donors (Lipinski definition) is 1. The Bertz CT molecular complexity index is 838. The minimum absolute atomic E-state index is 0.0826. The van der Waals surface area contributed by atoms with E-state index in [9.17, 15) is 4.79 Å². The molecule has 0 unspecified atom stereocenters. The molecular formula is C21H21NO3. The van der Waals surface area contributed by atoms with Crippen LogP contribution < -0.4 is 5.73 Å². The molecule has 128 valence electrons. The van der Waals surface area contributed by atoms with E-state index in [1.54, 1.807) is 0 Å². The molecule has 1 aromatic heterocycles. The summed E-state index contributed by atoms with van der Waals surface area (Å²) < 4.78 is 11.2. The van der Waals surface area contributed by atoms with Gasteiger partial charge in [-0.15, -0.1) is 0 Å². The summed E-state index contributed by atoms with van der Waals surface area (Å²) in [5.74, 6) is 0.210. The van der Waals surface area contributed by atoms with E-state index >= 15 is 0 Å². The quantitative estimate of drug-likeness (QED) is 0.499. The molecule has 0 spiro atoms. The predicted octanol–water partition coefficient (Wildman–Crippen LogP) is 5.15. The van der Waals surface area contributed by atoms with Crippen molar-refractivity contribution in [1.29, 1.82) is 0 Å². The molecule has 0 saturated heterocycles. The molecule has 4 nitrogen and oxygen atoms in total. The second-order valence-corrected chi connectivity index (χ2v) is 5.77. The van der Waals surface area contributed by atoms with Gasteiger partial charge in [-0.1, -0.05) is 74.0 Å². The van der Waals surface area contributed by atoms with E-state index in [0.717, 1.165) is 24.0 Å². The zero-order chi connectivity index (χ0) is 17.6. The van der Waals surface area contributed by atoms with E-state index in [2.05, 4.69) is 0 Å². The van der Waals surface area contributed by atoms with Gasteiger partial charge in [-0.2, -0.15) is 0 Å². The lowest BCUT2D eigenvalue weighted by Gasteiger charge is -2.07. The fourth-order valence-corrected chi connectivity index (χ4v) is 2.71. The van der Waals surface area contributed by atoms with Crippen molar-refractivity contribution in [2.24, 2.45) is 0 Å². The molecule has 3 aromatic rings. The number of carbonyl (C=O) groups excluding carboxylic acids is 1. The Labute approximate surface area is 147 Å². The average Bonchev–Trinajstić information content (AvgIpc) is 3.00. The molecular weight excluding hydrogens is 314 g/mol. The fourth-order valence-electron chi connectivity index (χ4n) is 2.71. The highest BCUT2D eigenvalue weighted by Gasteiger charge is 2.27. The summed E-state index contributed by atoms with van der Waals surface area (Å²) >= 11 is 0. The van der Waals surface area contributed by atoms with Crippen LogP contribution in [0.3, 0.4) is 0 Å². The maximum atomic E-state index is 12.6. The van der Waals surface area contributed by atoms with Crippen LogP contribution >= 0.6 is 0 Å². The summed E-state index contributed by atoms with van der Waals surface area (Å²) in [5, 5.41) is 0. The molecule has 0 aliphatic carbocycles. The monoisotopic (exact) mass is 335 g/mol. The van der Waals surface area contributed by atoms with Crippen LogP contribution in [-0.4, -0.2) is 12.6 Å². The van der Waals surface area contributed by atoms with Gasteiger partial charge in [-0.3, -0.25) is 0 Å². The van der Waals surface area contributed by atoms with Crippen LogP contribution in [0.1, 0.15) is 30.1 Å². The highest BCUT2D eigenvalue weighted by atomic mass is 16.5. The first kappa shape index (κ1) is 16.8. The van der Waals surface area contributed by atoms with Crippen molar-refractivity contribution in [2.75, 3.05) is 12.3 Å². The highest BCUT2D eigenvalue weighted by Crippen LogP contribution is 2.40. The van der Waals surface area contributed by atoms with E-state index in [-0.39, 0.29) is 5.88 Å². The summed E-state index contributed by atoms with van der Waals surface area (Å²) in [7, 11) is 0. The van der Waals surface area contributed by atoms with Crippen LogP contribution in [0.2, 0.25) is 0 Å². The third-order valence-corrected chi connectivity index (χ3v) is 3.97. The summed E-state index contributed by atoms with van der Waals surface area (Å²) in [5.41, 5.74) is 8.75. The summed E-state index contributed by atoms with van der Waals surface area (Å²) in [6.45, 7) is 2.41. The average molecular weight is 335 g/mol. The maximum Gasteiger partial charge on any atom is 0.344 e. The molecule has 0 bridgehead atoms. The lowest BCUT2D eigenvalue weighted by Crippen LogP contribution is -2.09. The molecule has 0 atom stereocenters. The number of benzene rings is 2. The topological polar surface area (TPSA) is 65.5 Å². The smallest absolute Gasteiger partial charge is 0.344 e. The fraction of sp³-hybridized carbons (Fsp3) is 0.190. The van der Waals surface area contributed by atoms with Crippen molar-refractivity contribution in [3.8, 4) is 22.5 Å². The van der Waals surface area contributed by atoms with Gasteiger partial charge >= 0.3 is 5.97 Å². The Morgan fingerprint density at radius 3 is 2.20 bits per heavy atom. The third-order valence-electron chi connectivity index (χ3n) is 3.97. The number of esters is 1. The maximum absolute atomic E-state index is 12.6. The van der Waals surface area contributed by atoms with Gasteiger partial charge in [0.2, 0.25) is 5.88 Å². The molecule has 0 aliphatic rings. The van der Waals surface area contributed by atoms with Gasteiger partial charge in [-0.25, -0.2) is 4.79 Å². The number of anilines is 1. The number of unbranched alkanes of at least 4 members (excludes halogenated alkanes) is 1. The minimum atomic E-state index is -0.448. The van der Waals surface area contributed by atoms with Gasteiger partial charge in [0, 0.05) is 11.1 Å². The molecule has 25 heavy (non-hydrogen) atoms. The van der Waals surface area contributed by atoms with Crippen LogP contribution in [0, 0.1) is 0 Å². The van der Waals surface area contributed by atoms with Crippen molar-refractivity contribution in [3.05, 3.63) is 66.2 Å². The van der Waals surface area contributed by atoms with Gasteiger partial charge in [0.05, 0.1) is 6.61 Å². The number of nitrogen functional groups attached to an aromatic ring is 1. The number of furan rings is 1. The Morgan fingerprint density at radius 2 is 1.60 bits per heavy atom. The second-order valence-electron chi connectivity index (χ2n) is 5.77. The van der Waals surface area contributed by atoms with Gasteiger partial charge < -0.3 is 14.9 Å². The summed E-state index contributed by atoms with van der Waals surface area (Å²) in [6, 6.07) is 19.2. The number of carbonyl (C=O) groups is 1. The summed E-state index contributed by atoms with van der Waals surface area (Å²) in [6.07, 6.45) is 1.77. The normalized spacial score (nSPS) is 10.6. The van der Waals surface area contributed by atoms with Crippen molar-refractivity contribution < 1.29 is 13.9 Å². The zero-order valence-corrected chi connectivity index (χ0v) is 14.2. The van der Waals surface area contributed by atoms with E-state index in [0.29, 0.717) is 23.5 Å². The standard InChI is InChI=1S/C21H21NO3/c1-2-3-14-24-21(23)18-17(15-10-6-4-7-11-15)19(25-20(18)22)16-12-8-5-9-13-16/h4-13H,2-3,14,22H2,1H3. The lowest BCUT2D eigenvalue weighted by atomic mass is 9.98. The molecule has 0 amide bonds. The van der Waals surface area contributed by atoms with Gasteiger partial charge in [-0.05, 0) is 12.0 Å². The largest absolute Gasteiger partial charge is 0.462 e. The van der Waals surface area contributed by atoms with Crippen LogP contribution in [-0.2, 0) is 4.74 Å². The SMILES string of the molecule is CCCCOC(=O)c1c(N)oc(-c2ccccc2)c1-c1ccccc1. The number of hydrogen-bond acceptors (Lipinski definition) is 4. The molecule has 3 rings (SSSR count). The number of ether oxygens (including phenoxy) is 1. The second kappa shape index (κ2) is 7.71. The van der Waals surface area contributed by atoms with Crippen molar-refractivity contribution in [1.82, 2.24) is 0 Å². The molecule has 0 fully saturated rings. The van der Waals surface area contributed by atoms with Crippen LogP contribution in [0.5, 0.6) is 0 Å².